The molecular weight excluding hydrogens is 519 g/mol. The van der Waals surface area contributed by atoms with Crippen molar-refractivity contribution in [1.82, 2.24) is 9.55 Å². The molecule has 0 amide bonds. The van der Waals surface area contributed by atoms with Crippen molar-refractivity contribution in [2.24, 2.45) is 0 Å². The van der Waals surface area contributed by atoms with Gasteiger partial charge in [-0.2, -0.15) is 0 Å². The zero-order valence-electron chi connectivity index (χ0n) is 20.3. The van der Waals surface area contributed by atoms with Gasteiger partial charge in [-0.25, -0.2) is 13.4 Å². The Morgan fingerprint density at radius 2 is 1.67 bits per heavy atom. The molecule has 0 radical (unpaired) electrons. The van der Waals surface area contributed by atoms with Crippen molar-refractivity contribution in [3.05, 3.63) is 87.7 Å². The Morgan fingerprint density at radius 3 is 2.25 bits per heavy atom. The molecule has 4 rings (SSSR count). The second-order valence-electron chi connectivity index (χ2n) is 9.23. The Hall–Kier alpha value is -2.68. The van der Waals surface area contributed by atoms with Crippen LogP contribution >= 0.6 is 23.2 Å². The third-order valence-corrected chi connectivity index (χ3v) is 7.75. The van der Waals surface area contributed by atoms with Crippen molar-refractivity contribution >= 4 is 33.0 Å². The maximum absolute atomic E-state index is 12.2. The van der Waals surface area contributed by atoms with E-state index < -0.39 is 15.4 Å². The van der Waals surface area contributed by atoms with Gasteiger partial charge in [0.1, 0.15) is 11.4 Å². The first-order valence-electron chi connectivity index (χ1n) is 11.1. The number of benzene rings is 3. The summed E-state index contributed by atoms with van der Waals surface area (Å²) in [6, 6.07) is 15.8. The lowest BCUT2D eigenvalue weighted by Crippen LogP contribution is -2.15. The van der Waals surface area contributed by atoms with Crippen LogP contribution in [0.5, 0.6) is 0 Å². The molecule has 0 fully saturated rings. The average Bonchev–Trinajstić information content (AvgIpc) is 3.23. The number of aryl methyl sites for hydroxylation is 1. The molecule has 4 aromatic rings. The highest BCUT2D eigenvalue weighted by Gasteiger charge is 2.25. The summed E-state index contributed by atoms with van der Waals surface area (Å²) >= 11 is 13.3. The van der Waals surface area contributed by atoms with Crippen LogP contribution < -0.4 is 0 Å². The fourth-order valence-electron chi connectivity index (χ4n) is 4.04. The molecule has 0 aliphatic carbocycles. The van der Waals surface area contributed by atoms with E-state index in [0.29, 0.717) is 43.9 Å². The predicted molar refractivity (Wildman–Crippen MR) is 143 cm³/mol. The molecule has 0 spiro atoms. The maximum atomic E-state index is 12.2. The number of nitrogens with zero attached hydrogens (tertiary/aromatic N) is 2. The number of halogens is 2. The lowest BCUT2D eigenvalue weighted by molar-refractivity contribution is 0.0743. The molecule has 9 heteroatoms. The quantitative estimate of drug-likeness (QED) is 0.313. The maximum Gasteiger partial charge on any atom is 0.175 e. The molecule has 3 aromatic carbocycles. The molecule has 36 heavy (non-hydrogen) atoms. The summed E-state index contributed by atoms with van der Waals surface area (Å²) in [5.74, 6) is 0.538. The van der Waals surface area contributed by atoms with Crippen LogP contribution in [0.1, 0.15) is 30.7 Å². The largest absolute Gasteiger partial charge is 0.392 e. The normalized spacial score (nSPS) is 12.2. The molecule has 0 bridgehead atoms. The van der Waals surface area contributed by atoms with Crippen LogP contribution in [0.2, 0.25) is 10.0 Å². The number of aliphatic hydroxyl groups excluding tert-OH is 1. The Bertz CT molecular complexity index is 1550. The molecule has 188 valence electrons. The smallest absolute Gasteiger partial charge is 0.175 e. The van der Waals surface area contributed by atoms with Crippen LogP contribution in [-0.4, -0.2) is 34.4 Å². The van der Waals surface area contributed by atoms with Crippen molar-refractivity contribution in [3.63, 3.8) is 0 Å². The van der Waals surface area contributed by atoms with Crippen LogP contribution in [0.25, 0.3) is 28.2 Å². The Labute approximate surface area is 220 Å². The SMILES string of the molecule is Cc1cccc(Cl)c1-c1nc(C(C)(C)O)cn1-c1ccc(-c2ccc(CO)c(S(C)(=O)=O)c2)cc1Cl. The molecule has 0 unspecified atom stereocenters. The first-order valence-corrected chi connectivity index (χ1v) is 13.8. The summed E-state index contributed by atoms with van der Waals surface area (Å²) in [5.41, 5.74) is 3.21. The van der Waals surface area contributed by atoms with Gasteiger partial charge in [0.25, 0.3) is 0 Å². The monoisotopic (exact) mass is 544 g/mol. The number of hydrogen-bond acceptors (Lipinski definition) is 5. The van der Waals surface area contributed by atoms with E-state index >= 15 is 0 Å². The van der Waals surface area contributed by atoms with Crippen molar-refractivity contribution in [1.29, 1.82) is 0 Å². The van der Waals surface area contributed by atoms with E-state index in [-0.39, 0.29) is 11.5 Å². The summed E-state index contributed by atoms with van der Waals surface area (Å²) in [5, 5.41) is 21.1. The van der Waals surface area contributed by atoms with Crippen molar-refractivity contribution < 1.29 is 18.6 Å². The predicted octanol–water partition coefficient (Wildman–Crippen LogP) is 5.94. The zero-order chi connectivity index (χ0) is 26.4. The highest BCUT2D eigenvalue weighted by molar-refractivity contribution is 7.90. The number of aromatic nitrogens is 2. The molecule has 0 atom stereocenters. The number of rotatable bonds is 6. The van der Waals surface area contributed by atoms with Gasteiger partial charge < -0.3 is 10.2 Å². The molecule has 0 saturated heterocycles. The van der Waals surface area contributed by atoms with Crippen LogP contribution in [0.4, 0.5) is 0 Å². The molecule has 1 aromatic heterocycles. The zero-order valence-corrected chi connectivity index (χ0v) is 22.6. The van der Waals surface area contributed by atoms with Gasteiger partial charge in [0.05, 0.1) is 32.9 Å². The second-order valence-corrected chi connectivity index (χ2v) is 12.0. The molecule has 1 heterocycles. The summed E-state index contributed by atoms with van der Waals surface area (Å²) in [6.45, 7) is 4.87. The minimum Gasteiger partial charge on any atom is -0.392 e. The molecule has 0 aliphatic heterocycles. The lowest BCUT2D eigenvalue weighted by atomic mass is 10.0. The molecule has 2 N–H and O–H groups in total. The van der Waals surface area contributed by atoms with Gasteiger partial charge in [-0.15, -0.1) is 0 Å². The van der Waals surface area contributed by atoms with E-state index in [0.717, 1.165) is 17.4 Å². The third kappa shape index (κ3) is 5.08. The molecule has 0 aliphatic rings. The van der Waals surface area contributed by atoms with Crippen LogP contribution in [-0.2, 0) is 22.0 Å². The number of hydrogen-bond donors (Lipinski definition) is 2. The van der Waals surface area contributed by atoms with Crippen molar-refractivity contribution in [2.45, 2.75) is 37.9 Å². The highest BCUT2D eigenvalue weighted by Crippen LogP contribution is 2.37. The van der Waals surface area contributed by atoms with E-state index in [9.17, 15) is 18.6 Å². The van der Waals surface area contributed by atoms with E-state index in [1.165, 1.54) is 6.07 Å². The minimum absolute atomic E-state index is 0.0728. The van der Waals surface area contributed by atoms with Gasteiger partial charge in [-0.1, -0.05) is 53.5 Å². The summed E-state index contributed by atoms with van der Waals surface area (Å²) in [7, 11) is -3.53. The van der Waals surface area contributed by atoms with Gasteiger partial charge in [-0.05, 0) is 67.3 Å². The Kier molecular flexibility index (Phi) is 7.07. The first kappa shape index (κ1) is 26.4. The lowest BCUT2D eigenvalue weighted by Gasteiger charge is -2.14. The third-order valence-electron chi connectivity index (χ3n) is 5.96. The summed E-state index contributed by atoms with van der Waals surface area (Å²) in [6.07, 6.45) is 2.84. The van der Waals surface area contributed by atoms with Crippen LogP contribution in [0.3, 0.4) is 0 Å². The number of imidazole rings is 1. The summed E-state index contributed by atoms with van der Waals surface area (Å²) in [4.78, 5) is 4.78. The fraction of sp³-hybridized carbons (Fsp3) is 0.222. The summed E-state index contributed by atoms with van der Waals surface area (Å²) < 4.78 is 26.3. The minimum atomic E-state index is -3.53. The molecule has 0 saturated carbocycles. The van der Waals surface area contributed by atoms with Gasteiger partial charge in [-0.3, -0.25) is 4.57 Å². The van der Waals surface area contributed by atoms with Gasteiger partial charge in [0.2, 0.25) is 0 Å². The van der Waals surface area contributed by atoms with Gasteiger partial charge >= 0.3 is 0 Å². The standard InChI is InChI=1S/C27H26Cl2N2O4S/c1-16-6-5-7-20(28)25(16)26-30-24(27(2,3)33)14-31(26)22-11-10-17(12-21(22)29)18-8-9-19(15-32)23(13-18)36(4,34)35/h5-14,32-33H,15H2,1-4H3. The van der Waals surface area contributed by atoms with Gasteiger partial charge in [0, 0.05) is 18.0 Å². The average molecular weight is 545 g/mol. The Morgan fingerprint density at radius 1 is 1.00 bits per heavy atom. The van der Waals surface area contributed by atoms with Crippen molar-refractivity contribution in [2.75, 3.05) is 6.26 Å². The van der Waals surface area contributed by atoms with E-state index in [4.69, 9.17) is 28.2 Å². The van der Waals surface area contributed by atoms with Crippen LogP contribution in [0.15, 0.2) is 65.7 Å². The number of sulfone groups is 1. The van der Waals surface area contributed by atoms with E-state index in [1.807, 2.05) is 31.2 Å². The Balaban J connectivity index is 1.88. The molecule has 6 nitrogen and oxygen atoms in total. The number of aliphatic hydroxyl groups is 2. The molecular formula is C27H26Cl2N2O4S. The van der Waals surface area contributed by atoms with E-state index in [2.05, 4.69) is 0 Å². The van der Waals surface area contributed by atoms with Gasteiger partial charge in [0.15, 0.2) is 9.84 Å². The fourth-order valence-corrected chi connectivity index (χ4v) is 5.57. The van der Waals surface area contributed by atoms with Crippen molar-refractivity contribution in [3.8, 4) is 28.2 Å². The topological polar surface area (TPSA) is 92.4 Å². The van der Waals surface area contributed by atoms with E-state index in [1.54, 1.807) is 48.9 Å². The van der Waals surface area contributed by atoms with Crippen LogP contribution in [0, 0.1) is 6.92 Å². The second kappa shape index (κ2) is 9.65. The highest BCUT2D eigenvalue weighted by atomic mass is 35.5. The first-order chi connectivity index (χ1) is 16.8.